The van der Waals surface area contributed by atoms with Gasteiger partial charge in [0.15, 0.2) is 17.6 Å². The summed E-state index contributed by atoms with van der Waals surface area (Å²) < 4.78 is 11.7. The third-order valence-electron chi connectivity index (χ3n) is 3.61. The van der Waals surface area contributed by atoms with Gasteiger partial charge in [0, 0.05) is 11.6 Å². The van der Waals surface area contributed by atoms with Crippen LogP contribution in [-0.4, -0.2) is 60.6 Å². The van der Waals surface area contributed by atoms with E-state index in [0.717, 1.165) is 16.5 Å². The predicted molar refractivity (Wildman–Crippen MR) is 92.4 cm³/mol. The number of hydrogen-bond donors (Lipinski definition) is 0. The fraction of sp³-hybridized carbons (Fsp3) is 0.412. The van der Waals surface area contributed by atoms with Crippen molar-refractivity contribution in [2.24, 2.45) is 0 Å². The number of nitrogens with zero attached hydrogens (tertiary/aromatic N) is 3. The number of amides is 1. The molecular weight excluding hydrogens is 326 g/mol. The Bertz CT molecular complexity index is 675. The largest absolute Gasteiger partial charge is 0.486 e. The van der Waals surface area contributed by atoms with Crippen LogP contribution in [0.4, 0.5) is 0 Å². The monoisotopic (exact) mass is 347 g/mol. The van der Waals surface area contributed by atoms with Crippen LogP contribution in [0.25, 0.3) is 0 Å². The molecular formula is C17H21N3O3S. The van der Waals surface area contributed by atoms with Crippen LogP contribution in [0, 0.1) is 0 Å². The van der Waals surface area contributed by atoms with E-state index in [4.69, 9.17) is 9.47 Å². The summed E-state index contributed by atoms with van der Waals surface area (Å²) in [7, 11) is 3.77. The van der Waals surface area contributed by atoms with E-state index in [1.807, 2.05) is 48.6 Å². The van der Waals surface area contributed by atoms with Crippen LogP contribution in [0.15, 0.2) is 35.8 Å². The Labute approximate surface area is 145 Å². The summed E-state index contributed by atoms with van der Waals surface area (Å²) in [6.45, 7) is 1.75. The molecule has 0 saturated carbocycles. The number of carbonyl (C=O) groups excluding carboxylic acids is 1. The Morgan fingerprint density at radius 3 is 2.83 bits per heavy atom. The van der Waals surface area contributed by atoms with Gasteiger partial charge in [-0.05, 0) is 26.2 Å². The van der Waals surface area contributed by atoms with E-state index in [9.17, 15) is 4.79 Å². The summed E-state index contributed by atoms with van der Waals surface area (Å²) in [6, 6.07) is 7.59. The number of para-hydroxylation sites is 2. The van der Waals surface area contributed by atoms with Crippen LogP contribution in [0.2, 0.25) is 0 Å². The minimum atomic E-state index is -0.189. The number of ether oxygens (including phenoxy) is 2. The highest BCUT2D eigenvalue weighted by Gasteiger charge is 2.26. The van der Waals surface area contributed by atoms with Crippen LogP contribution < -0.4 is 9.47 Å². The lowest BCUT2D eigenvalue weighted by molar-refractivity contribution is -0.134. The van der Waals surface area contributed by atoms with Gasteiger partial charge >= 0.3 is 0 Å². The Hall–Kier alpha value is -2.12. The van der Waals surface area contributed by atoms with Gasteiger partial charge in [0.2, 0.25) is 5.91 Å². The van der Waals surface area contributed by atoms with Crippen molar-refractivity contribution in [2.45, 2.75) is 12.6 Å². The van der Waals surface area contributed by atoms with Crippen molar-refractivity contribution in [1.29, 1.82) is 0 Å². The van der Waals surface area contributed by atoms with E-state index in [1.165, 1.54) is 0 Å². The Kier molecular flexibility index (Phi) is 5.32. The topological polar surface area (TPSA) is 54.9 Å². The lowest BCUT2D eigenvalue weighted by atomic mass is 10.2. The summed E-state index contributed by atoms with van der Waals surface area (Å²) in [5, 5.41) is 2.83. The van der Waals surface area contributed by atoms with Crippen molar-refractivity contribution in [1.82, 2.24) is 14.8 Å². The number of carbonyl (C=O) groups is 1. The third-order valence-corrected chi connectivity index (χ3v) is 4.37. The zero-order valence-electron chi connectivity index (χ0n) is 13.8. The molecule has 1 aromatic carbocycles. The first kappa shape index (κ1) is 16.7. The fourth-order valence-corrected chi connectivity index (χ4v) is 3.15. The molecule has 7 heteroatoms. The van der Waals surface area contributed by atoms with Gasteiger partial charge in [-0.15, -0.1) is 11.3 Å². The predicted octanol–water partition coefficient (Wildman–Crippen LogP) is 1.87. The highest BCUT2D eigenvalue weighted by Crippen LogP contribution is 2.31. The minimum Gasteiger partial charge on any atom is -0.486 e. The Morgan fingerprint density at radius 1 is 1.33 bits per heavy atom. The number of hydrogen-bond acceptors (Lipinski definition) is 6. The van der Waals surface area contributed by atoms with Crippen LogP contribution in [0.3, 0.4) is 0 Å². The molecule has 1 amide bonds. The smallest absolute Gasteiger partial charge is 0.237 e. The SMILES string of the molecule is CN(C)CC(=O)N(Cc1nccs1)C[C@@H]1COc2ccccc2O1. The van der Waals surface area contributed by atoms with Crippen molar-refractivity contribution in [3.05, 3.63) is 40.8 Å². The van der Waals surface area contributed by atoms with Gasteiger partial charge in [-0.3, -0.25) is 4.79 Å². The maximum absolute atomic E-state index is 12.6. The molecule has 1 atom stereocenters. The highest BCUT2D eigenvalue weighted by atomic mass is 32.1. The second-order valence-electron chi connectivity index (χ2n) is 5.94. The Morgan fingerprint density at radius 2 is 2.12 bits per heavy atom. The molecule has 2 aromatic rings. The van der Waals surface area contributed by atoms with Gasteiger partial charge < -0.3 is 19.3 Å². The number of aromatic nitrogens is 1. The first-order valence-corrected chi connectivity index (χ1v) is 8.69. The number of thiazole rings is 1. The molecule has 2 heterocycles. The van der Waals surface area contributed by atoms with Gasteiger partial charge in [-0.2, -0.15) is 0 Å². The van der Waals surface area contributed by atoms with Crippen LogP contribution in [0.1, 0.15) is 5.01 Å². The number of rotatable bonds is 6. The second-order valence-corrected chi connectivity index (χ2v) is 6.91. The molecule has 0 N–H and O–H groups in total. The van der Waals surface area contributed by atoms with E-state index in [1.54, 1.807) is 22.4 Å². The van der Waals surface area contributed by atoms with E-state index < -0.39 is 0 Å². The van der Waals surface area contributed by atoms with Gasteiger partial charge in [0.1, 0.15) is 11.6 Å². The molecule has 0 bridgehead atoms. The minimum absolute atomic E-state index is 0.0534. The maximum atomic E-state index is 12.6. The molecule has 1 aliphatic heterocycles. The quantitative estimate of drug-likeness (QED) is 0.798. The van der Waals surface area contributed by atoms with Crippen molar-refractivity contribution in [2.75, 3.05) is 33.8 Å². The molecule has 1 aromatic heterocycles. The van der Waals surface area contributed by atoms with Crippen molar-refractivity contribution in [3.8, 4) is 11.5 Å². The molecule has 6 nitrogen and oxygen atoms in total. The first-order valence-electron chi connectivity index (χ1n) is 7.81. The molecule has 128 valence electrons. The molecule has 0 spiro atoms. The van der Waals surface area contributed by atoms with Gasteiger partial charge in [-0.25, -0.2) is 4.98 Å². The van der Waals surface area contributed by atoms with E-state index >= 15 is 0 Å². The van der Waals surface area contributed by atoms with Gasteiger partial charge in [0.25, 0.3) is 0 Å². The number of benzene rings is 1. The fourth-order valence-electron chi connectivity index (χ4n) is 2.52. The first-order chi connectivity index (χ1) is 11.6. The maximum Gasteiger partial charge on any atom is 0.237 e. The molecule has 0 aliphatic carbocycles. The van der Waals surface area contributed by atoms with Crippen molar-refractivity contribution in [3.63, 3.8) is 0 Å². The number of likely N-dealkylation sites (N-methyl/N-ethyl adjacent to an activating group) is 1. The third kappa shape index (κ3) is 4.24. The summed E-state index contributed by atoms with van der Waals surface area (Å²) in [4.78, 5) is 20.5. The van der Waals surface area contributed by atoms with Crippen molar-refractivity contribution < 1.29 is 14.3 Å². The second kappa shape index (κ2) is 7.63. The number of fused-ring (bicyclic) bond motifs is 1. The summed E-state index contributed by atoms with van der Waals surface area (Å²) in [6.07, 6.45) is 1.57. The van der Waals surface area contributed by atoms with Crippen LogP contribution in [-0.2, 0) is 11.3 Å². The highest BCUT2D eigenvalue weighted by molar-refractivity contribution is 7.09. The molecule has 0 saturated heterocycles. The van der Waals surface area contributed by atoms with Gasteiger partial charge in [0.05, 0.1) is 19.6 Å². The van der Waals surface area contributed by atoms with E-state index in [-0.39, 0.29) is 12.0 Å². The average molecular weight is 347 g/mol. The molecule has 0 fully saturated rings. The molecule has 24 heavy (non-hydrogen) atoms. The zero-order chi connectivity index (χ0) is 16.9. The van der Waals surface area contributed by atoms with Gasteiger partial charge in [-0.1, -0.05) is 12.1 Å². The van der Waals surface area contributed by atoms with Crippen LogP contribution in [0.5, 0.6) is 11.5 Å². The van der Waals surface area contributed by atoms with E-state index in [2.05, 4.69) is 4.98 Å². The Balaban J connectivity index is 1.68. The van der Waals surface area contributed by atoms with Crippen LogP contribution >= 0.6 is 11.3 Å². The summed E-state index contributed by atoms with van der Waals surface area (Å²) >= 11 is 1.55. The zero-order valence-corrected chi connectivity index (χ0v) is 14.7. The normalized spacial score (nSPS) is 16.2. The summed E-state index contributed by atoms with van der Waals surface area (Å²) in [5.41, 5.74) is 0. The lowest BCUT2D eigenvalue weighted by Gasteiger charge is -2.31. The molecule has 1 aliphatic rings. The van der Waals surface area contributed by atoms with E-state index in [0.29, 0.717) is 26.2 Å². The van der Waals surface area contributed by atoms with Crippen molar-refractivity contribution >= 4 is 17.2 Å². The summed E-state index contributed by atoms with van der Waals surface area (Å²) in [5.74, 6) is 1.53. The lowest BCUT2D eigenvalue weighted by Crippen LogP contribution is -2.45. The standard InChI is InChI=1S/C17H21N3O3S/c1-19(2)11-17(21)20(10-16-18-7-8-24-16)9-13-12-22-14-5-3-4-6-15(14)23-13/h3-8,13H,9-12H2,1-2H3/t13-/m1/s1. The average Bonchev–Trinajstić information content (AvgIpc) is 3.06. The molecule has 0 radical (unpaired) electrons. The molecule has 3 rings (SSSR count). The molecule has 0 unspecified atom stereocenters.